The summed E-state index contributed by atoms with van der Waals surface area (Å²) in [6.07, 6.45) is 5.16. The van der Waals surface area contributed by atoms with E-state index in [1.54, 1.807) is 0 Å². The summed E-state index contributed by atoms with van der Waals surface area (Å²) in [5.41, 5.74) is 0.0277. The second kappa shape index (κ2) is 3.15. The number of rotatable bonds is 2. The van der Waals surface area contributed by atoms with Crippen molar-refractivity contribution < 1.29 is 0 Å². The van der Waals surface area contributed by atoms with Crippen molar-refractivity contribution in [2.45, 2.75) is 19.0 Å². The van der Waals surface area contributed by atoms with Crippen molar-refractivity contribution >= 4 is 11.6 Å². The first kappa shape index (κ1) is 7.73. The molecule has 1 aliphatic rings. The van der Waals surface area contributed by atoms with Gasteiger partial charge in [0.05, 0.1) is 0 Å². The van der Waals surface area contributed by atoms with E-state index in [1.807, 2.05) is 24.3 Å². The molecule has 1 unspecified atom stereocenters. The van der Waals surface area contributed by atoms with Crippen molar-refractivity contribution in [1.29, 1.82) is 0 Å². The fourth-order valence-corrected chi connectivity index (χ4v) is 1.23. The van der Waals surface area contributed by atoms with Crippen LogP contribution in [0.3, 0.4) is 0 Å². The number of hydrogen-bond acceptors (Lipinski definition) is 2. The predicted octanol–water partition coefficient (Wildman–Crippen LogP) is 1.64. The molecule has 58 valence electrons. The topological polar surface area (TPSA) is 6.48 Å². The molecule has 3 heteroatoms. The van der Waals surface area contributed by atoms with Crippen molar-refractivity contribution in [1.82, 2.24) is 9.80 Å². The van der Waals surface area contributed by atoms with Gasteiger partial charge in [0.15, 0.2) is 5.62 Å². The molecule has 0 saturated heterocycles. The van der Waals surface area contributed by atoms with Crippen molar-refractivity contribution in [2.75, 3.05) is 13.6 Å². The molecule has 0 spiro atoms. The van der Waals surface area contributed by atoms with Gasteiger partial charge in [0.2, 0.25) is 0 Å². The highest BCUT2D eigenvalue weighted by Crippen LogP contribution is 2.16. The Kier molecular flexibility index (Phi) is 2.44. The summed E-state index contributed by atoms with van der Waals surface area (Å²) >= 11 is 6.00. The smallest absolute Gasteiger partial charge is 0.179 e. The lowest BCUT2D eigenvalue weighted by Crippen LogP contribution is -2.31. The molecule has 10 heavy (non-hydrogen) atoms. The second-order valence-electron chi connectivity index (χ2n) is 2.51. The Bertz CT molecular complexity index is 136. The first-order valence-electron chi connectivity index (χ1n) is 3.55. The van der Waals surface area contributed by atoms with Gasteiger partial charge in [0.25, 0.3) is 0 Å². The molecule has 1 rings (SSSR count). The first-order chi connectivity index (χ1) is 4.75. The van der Waals surface area contributed by atoms with Crippen molar-refractivity contribution in [3.8, 4) is 0 Å². The Morgan fingerprint density at radius 3 is 2.60 bits per heavy atom. The van der Waals surface area contributed by atoms with Crippen LogP contribution in [0.1, 0.15) is 13.3 Å². The van der Waals surface area contributed by atoms with Crippen LogP contribution in [0.5, 0.6) is 0 Å². The molecule has 0 aliphatic carbocycles. The van der Waals surface area contributed by atoms with E-state index in [0.29, 0.717) is 0 Å². The molecule has 0 fully saturated rings. The average Bonchev–Trinajstić information content (AvgIpc) is 2.20. The molecule has 0 saturated carbocycles. The Hall–Kier alpha value is -0.370. The van der Waals surface area contributed by atoms with E-state index in [-0.39, 0.29) is 5.62 Å². The molecular formula is C7H13ClN2. The fraction of sp³-hybridized carbons (Fsp3) is 0.714. The third kappa shape index (κ3) is 1.37. The zero-order valence-electron chi connectivity index (χ0n) is 6.42. The Balaban J connectivity index is 2.41. The van der Waals surface area contributed by atoms with Gasteiger partial charge in [0.1, 0.15) is 0 Å². The van der Waals surface area contributed by atoms with Gasteiger partial charge in [-0.3, -0.25) is 0 Å². The molecule has 1 aliphatic heterocycles. The molecule has 0 amide bonds. The maximum absolute atomic E-state index is 6.00. The van der Waals surface area contributed by atoms with Crippen LogP contribution in [0.2, 0.25) is 0 Å². The van der Waals surface area contributed by atoms with Crippen molar-refractivity contribution in [2.24, 2.45) is 0 Å². The number of nitrogens with zero attached hydrogens (tertiary/aromatic N) is 2. The van der Waals surface area contributed by atoms with Crippen LogP contribution in [0.25, 0.3) is 0 Å². The molecule has 2 nitrogen and oxygen atoms in total. The zero-order chi connectivity index (χ0) is 7.56. The lowest BCUT2D eigenvalue weighted by molar-refractivity contribution is 0.256. The molecule has 1 atom stereocenters. The summed E-state index contributed by atoms with van der Waals surface area (Å²) in [6, 6.07) is 0. The molecule has 0 aromatic carbocycles. The molecular weight excluding hydrogens is 148 g/mol. The summed E-state index contributed by atoms with van der Waals surface area (Å²) in [7, 11) is 1.98. The van der Waals surface area contributed by atoms with Gasteiger partial charge in [-0.2, -0.15) is 0 Å². The molecule has 0 aromatic rings. The van der Waals surface area contributed by atoms with Gasteiger partial charge in [-0.05, 0) is 6.42 Å². The predicted molar refractivity (Wildman–Crippen MR) is 43.5 cm³/mol. The summed E-state index contributed by atoms with van der Waals surface area (Å²) in [5.74, 6) is 0. The molecule has 0 radical (unpaired) electrons. The van der Waals surface area contributed by atoms with Crippen LogP contribution < -0.4 is 0 Å². The Morgan fingerprint density at radius 1 is 1.50 bits per heavy atom. The van der Waals surface area contributed by atoms with E-state index >= 15 is 0 Å². The van der Waals surface area contributed by atoms with Gasteiger partial charge < -0.3 is 9.80 Å². The van der Waals surface area contributed by atoms with Gasteiger partial charge in [-0.25, -0.2) is 0 Å². The van der Waals surface area contributed by atoms with E-state index in [4.69, 9.17) is 11.6 Å². The molecule has 1 heterocycles. The van der Waals surface area contributed by atoms with E-state index < -0.39 is 0 Å². The van der Waals surface area contributed by atoms with Gasteiger partial charge in [-0.15, -0.1) is 0 Å². The van der Waals surface area contributed by atoms with E-state index in [0.717, 1.165) is 13.0 Å². The van der Waals surface area contributed by atoms with Crippen molar-refractivity contribution in [3.63, 3.8) is 0 Å². The third-order valence-electron chi connectivity index (χ3n) is 1.58. The number of hydrogen-bond donors (Lipinski definition) is 0. The number of alkyl halides is 1. The Labute approximate surface area is 67.1 Å². The van der Waals surface area contributed by atoms with Crippen LogP contribution in [0.4, 0.5) is 0 Å². The van der Waals surface area contributed by atoms with Crippen LogP contribution in [0.15, 0.2) is 12.4 Å². The van der Waals surface area contributed by atoms with Gasteiger partial charge in [-0.1, -0.05) is 18.5 Å². The van der Waals surface area contributed by atoms with Crippen LogP contribution in [0, 0.1) is 0 Å². The monoisotopic (exact) mass is 160 g/mol. The molecule has 0 N–H and O–H groups in total. The number of halogens is 1. The minimum atomic E-state index is 0.0277. The standard InChI is InChI=1S/C7H13ClN2/c1-3-4-10-6-5-9(2)7(10)8/h5-7H,3-4H2,1-2H3. The van der Waals surface area contributed by atoms with Gasteiger partial charge in [0, 0.05) is 26.0 Å². The first-order valence-corrected chi connectivity index (χ1v) is 3.99. The highest BCUT2D eigenvalue weighted by molar-refractivity contribution is 6.20. The highest BCUT2D eigenvalue weighted by Gasteiger charge is 2.18. The lowest BCUT2D eigenvalue weighted by atomic mass is 10.4. The van der Waals surface area contributed by atoms with Gasteiger partial charge >= 0.3 is 0 Å². The zero-order valence-corrected chi connectivity index (χ0v) is 7.17. The maximum Gasteiger partial charge on any atom is 0.179 e. The van der Waals surface area contributed by atoms with Crippen LogP contribution in [-0.2, 0) is 0 Å². The minimum absolute atomic E-state index is 0.0277. The largest absolute Gasteiger partial charge is 0.347 e. The van der Waals surface area contributed by atoms with E-state index in [1.165, 1.54) is 0 Å². The minimum Gasteiger partial charge on any atom is -0.347 e. The Morgan fingerprint density at radius 2 is 2.20 bits per heavy atom. The quantitative estimate of drug-likeness (QED) is 0.448. The molecule has 0 aromatic heterocycles. The third-order valence-corrected chi connectivity index (χ3v) is 2.14. The van der Waals surface area contributed by atoms with Crippen LogP contribution >= 0.6 is 11.6 Å². The maximum atomic E-state index is 6.00. The van der Waals surface area contributed by atoms with E-state index in [9.17, 15) is 0 Å². The van der Waals surface area contributed by atoms with Crippen molar-refractivity contribution in [3.05, 3.63) is 12.4 Å². The SMILES string of the molecule is CCCN1C=CN(C)C1Cl. The summed E-state index contributed by atoms with van der Waals surface area (Å²) in [4.78, 5) is 4.10. The van der Waals surface area contributed by atoms with Crippen LogP contribution in [-0.4, -0.2) is 29.0 Å². The summed E-state index contributed by atoms with van der Waals surface area (Å²) in [5, 5.41) is 0. The second-order valence-corrected chi connectivity index (χ2v) is 2.90. The fourth-order valence-electron chi connectivity index (χ4n) is 1.01. The lowest BCUT2D eigenvalue weighted by Gasteiger charge is -2.23. The average molecular weight is 161 g/mol. The summed E-state index contributed by atoms with van der Waals surface area (Å²) < 4.78 is 0. The normalized spacial score (nSPS) is 24.5. The van der Waals surface area contributed by atoms with E-state index in [2.05, 4.69) is 11.8 Å². The summed E-state index contributed by atoms with van der Waals surface area (Å²) in [6.45, 7) is 3.19. The highest BCUT2D eigenvalue weighted by atomic mass is 35.5. The molecule has 0 bridgehead atoms.